The van der Waals surface area contributed by atoms with Crippen LogP contribution in [0.5, 0.6) is 0 Å². The SMILES string of the molecule is Cn1nc(-c2ccccc2)c2c(c1=S)C(C)(C)N=N2. The number of azo groups is 1. The molecule has 1 aliphatic heterocycles. The van der Waals surface area contributed by atoms with Crippen LogP contribution in [0.2, 0.25) is 0 Å². The van der Waals surface area contributed by atoms with Gasteiger partial charge in [-0.1, -0.05) is 42.5 Å². The molecule has 0 bridgehead atoms. The summed E-state index contributed by atoms with van der Waals surface area (Å²) in [5.74, 6) is 0. The van der Waals surface area contributed by atoms with Gasteiger partial charge in [-0.3, -0.25) is 4.68 Å². The first-order valence-electron chi connectivity index (χ1n) is 6.11. The molecule has 4 nitrogen and oxygen atoms in total. The lowest BCUT2D eigenvalue weighted by Gasteiger charge is -2.16. The van der Waals surface area contributed by atoms with Gasteiger partial charge >= 0.3 is 0 Å². The van der Waals surface area contributed by atoms with E-state index >= 15 is 0 Å². The van der Waals surface area contributed by atoms with Gasteiger partial charge in [-0.25, -0.2) is 0 Å². The molecule has 2 heterocycles. The lowest BCUT2D eigenvalue weighted by atomic mass is 9.95. The molecule has 5 heteroatoms. The van der Waals surface area contributed by atoms with E-state index < -0.39 is 0 Å². The quantitative estimate of drug-likeness (QED) is 0.730. The molecule has 0 unspecified atom stereocenters. The second-order valence-electron chi connectivity index (χ2n) is 5.13. The Morgan fingerprint density at radius 1 is 1.16 bits per heavy atom. The van der Waals surface area contributed by atoms with Gasteiger partial charge in [-0.15, -0.1) is 0 Å². The van der Waals surface area contributed by atoms with Gasteiger partial charge in [-0.05, 0) is 13.8 Å². The number of aryl methyl sites for hydroxylation is 1. The van der Waals surface area contributed by atoms with Crippen LogP contribution in [0.4, 0.5) is 5.69 Å². The molecule has 0 aliphatic carbocycles. The van der Waals surface area contributed by atoms with Gasteiger partial charge in [0.1, 0.15) is 21.6 Å². The van der Waals surface area contributed by atoms with E-state index in [0.717, 1.165) is 22.5 Å². The first kappa shape index (κ1) is 12.2. The third-order valence-corrected chi connectivity index (χ3v) is 3.75. The summed E-state index contributed by atoms with van der Waals surface area (Å²) in [7, 11) is 1.86. The fraction of sp³-hybridized carbons (Fsp3) is 0.286. The zero-order valence-electron chi connectivity index (χ0n) is 11.1. The Morgan fingerprint density at radius 2 is 1.84 bits per heavy atom. The molecular weight excluding hydrogens is 256 g/mol. The molecule has 19 heavy (non-hydrogen) atoms. The Hall–Kier alpha value is -1.88. The Balaban J connectivity index is 2.36. The summed E-state index contributed by atoms with van der Waals surface area (Å²) < 4.78 is 2.43. The number of fused-ring (bicyclic) bond motifs is 1. The number of benzene rings is 1. The summed E-state index contributed by atoms with van der Waals surface area (Å²) in [5.41, 5.74) is 3.27. The van der Waals surface area contributed by atoms with Crippen molar-refractivity contribution in [2.45, 2.75) is 19.4 Å². The molecule has 0 fully saturated rings. The van der Waals surface area contributed by atoms with E-state index in [1.165, 1.54) is 0 Å². The number of hydrogen-bond donors (Lipinski definition) is 0. The van der Waals surface area contributed by atoms with E-state index in [9.17, 15) is 0 Å². The van der Waals surface area contributed by atoms with Crippen LogP contribution >= 0.6 is 12.2 Å². The van der Waals surface area contributed by atoms with E-state index in [4.69, 9.17) is 12.2 Å². The highest BCUT2D eigenvalue weighted by Gasteiger charge is 2.33. The third kappa shape index (κ3) is 1.81. The minimum absolute atomic E-state index is 0.378. The van der Waals surface area contributed by atoms with Crippen LogP contribution < -0.4 is 0 Å². The summed E-state index contributed by atoms with van der Waals surface area (Å²) in [4.78, 5) is 0. The van der Waals surface area contributed by atoms with Gasteiger partial charge in [0.25, 0.3) is 0 Å². The average molecular weight is 270 g/mol. The monoisotopic (exact) mass is 270 g/mol. The highest BCUT2D eigenvalue weighted by atomic mass is 32.1. The Kier molecular flexibility index (Phi) is 2.60. The van der Waals surface area contributed by atoms with E-state index in [2.05, 4.69) is 15.3 Å². The normalized spacial score (nSPS) is 15.5. The summed E-state index contributed by atoms with van der Waals surface area (Å²) in [6.07, 6.45) is 0. The highest BCUT2D eigenvalue weighted by Crippen LogP contribution is 2.44. The number of nitrogens with zero attached hydrogens (tertiary/aromatic N) is 4. The molecule has 2 aromatic rings. The molecule has 0 saturated carbocycles. The molecule has 0 atom stereocenters. The largest absolute Gasteiger partial charge is 0.257 e. The molecule has 1 aromatic heterocycles. The number of aromatic nitrogens is 2. The second-order valence-corrected chi connectivity index (χ2v) is 5.51. The molecule has 0 amide bonds. The number of rotatable bonds is 1. The van der Waals surface area contributed by atoms with Gasteiger partial charge in [0, 0.05) is 18.2 Å². The van der Waals surface area contributed by atoms with Crippen LogP contribution in [0.3, 0.4) is 0 Å². The standard InChI is InChI=1S/C14H14N4S/c1-14(2)10-12(15-17-14)11(16-18(3)13(10)19)9-7-5-4-6-8-9/h4-8H,1-3H3. The van der Waals surface area contributed by atoms with Gasteiger partial charge in [0.2, 0.25) is 0 Å². The topological polar surface area (TPSA) is 42.5 Å². The molecule has 1 aromatic carbocycles. The number of hydrogen-bond acceptors (Lipinski definition) is 4. The molecular formula is C14H14N4S. The minimum Gasteiger partial charge on any atom is -0.257 e. The Morgan fingerprint density at radius 3 is 2.53 bits per heavy atom. The van der Waals surface area contributed by atoms with Crippen LogP contribution in [0.1, 0.15) is 19.4 Å². The predicted molar refractivity (Wildman–Crippen MR) is 77.0 cm³/mol. The van der Waals surface area contributed by atoms with Crippen molar-refractivity contribution in [3.8, 4) is 11.3 Å². The van der Waals surface area contributed by atoms with E-state index in [1.54, 1.807) is 4.68 Å². The van der Waals surface area contributed by atoms with Crippen molar-refractivity contribution in [3.63, 3.8) is 0 Å². The molecule has 96 valence electrons. The second kappa shape index (κ2) is 4.06. The fourth-order valence-electron chi connectivity index (χ4n) is 2.29. The smallest absolute Gasteiger partial charge is 0.130 e. The first-order valence-corrected chi connectivity index (χ1v) is 6.51. The van der Waals surface area contributed by atoms with Crippen molar-refractivity contribution in [1.82, 2.24) is 9.78 Å². The van der Waals surface area contributed by atoms with Crippen LogP contribution in [-0.2, 0) is 12.6 Å². The van der Waals surface area contributed by atoms with Gasteiger partial charge in [-0.2, -0.15) is 15.3 Å². The fourth-order valence-corrected chi connectivity index (χ4v) is 2.68. The van der Waals surface area contributed by atoms with Gasteiger partial charge in [0.15, 0.2) is 0 Å². The van der Waals surface area contributed by atoms with Crippen molar-refractivity contribution in [1.29, 1.82) is 0 Å². The van der Waals surface area contributed by atoms with Crippen molar-refractivity contribution in [3.05, 3.63) is 40.5 Å². The van der Waals surface area contributed by atoms with E-state index in [0.29, 0.717) is 4.64 Å². The average Bonchev–Trinajstić information content (AvgIpc) is 2.71. The van der Waals surface area contributed by atoms with E-state index in [1.807, 2.05) is 51.2 Å². The molecule has 0 radical (unpaired) electrons. The summed E-state index contributed by atoms with van der Waals surface area (Å²) >= 11 is 5.46. The Bertz CT molecular complexity index is 729. The van der Waals surface area contributed by atoms with Crippen LogP contribution in [0.15, 0.2) is 40.6 Å². The zero-order valence-corrected chi connectivity index (χ0v) is 11.9. The molecule has 0 saturated heterocycles. The molecule has 1 aliphatic rings. The minimum atomic E-state index is -0.378. The molecule has 3 rings (SSSR count). The lowest BCUT2D eigenvalue weighted by molar-refractivity contribution is 0.543. The van der Waals surface area contributed by atoms with Crippen LogP contribution in [0.25, 0.3) is 11.3 Å². The van der Waals surface area contributed by atoms with Crippen LogP contribution in [-0.4, -0.2) is 9.78 Å². The van der Waals surface area contributed by atoms with Crippen molar-refractivity contribution >= 4 is 17.9 Å². The lowest BCUT2D eigenvalue weighted by Crippen LogP contribution is -2.15. The van der Waals surface area contributed by atoms with Crippen LogP contribution in [0, 0.1) is 4.64 Å². The predicted octanol–water partition coefficient (Wildman–Crippen LogP) is 4.15. The maximum Gasteiger partial charge on any atom is 0.130 e. The Labute approximate surface area is 116 Å². The zero-order chi connectivity index (χ0) is 13.6. The summed E-state index contributed by atoms with van der Waals surface area (Å²) in [6.45, 7) is 4.04. The van der Waals surface area contributed by atoms with Gasteiger partial charge in [0.05, 0.1) is 0 Å². The summed E-state index contributed by atoms with van der Waals surface area (Å²) in [5, 5.41) is 13.2. The van der Waals surface area contributed by atoms with E-state index in [-0.39, 0.29) is 5.54 Å². The van der Waals surface area contributed by atoms with Gasteiger partial charge < -0.3 is 0 Å². The maximum absolute atomic E-state index is 5.46. The molecule has 0 N–H and O–H groups in total. The van der Waals surface area contributed by atoms with Crippen molar-refractivity contribution in [2.24, 2.45) is 17.3 Å². The highest BCUT2D eigenvalue weighted by molar-refractivity contribution is 7.71. The summed E-state index contributed by atoms with van der Waals surface area (Å²) in [6, 6.07) is 10.0. The maximum atomic E-state index is 5.46. The van der Waals surface area contributed by atoms with Crippen molar-refractivity contribution in [2.75, 3.05) is 0 Å². The third-order valence-electron chi connectivity index (χ3n) is 3.28. The van der Waals surface area contributed by atoms with Crippen molar-refractivity contribution < 1.29 is 0 Å². The molecule has 0 spiro atoms. The first-order chi connectivity index (χ1) is 9.00.